The molecule has 0 unspecified atom stereocenters. The van der Waals surface area contributed by atoms with Crippen LogP contribution in [-0.4, -0.2) is 44.9 Å². The summed E-state index contributed by atoms with van der Waals surface area (Å²) in [5, 5.41) is 13.5. The number of fused-ring (bicyclic) bond motifs is 1. The van der Waals surface area contributed by atoms with Crippen LogP contribution >= 0.6 is 11.8 Å². The minimum Gasteiger partial charge on any atom is -0.548 e. The lowest BCUT2D eigenvalue weighted by molar-refractivity contribution is -0.312. The third kappa shape index (κ3) is 2.09. The number of amides is 2. The zero-order valence-corrected chi connectivity index (χ0v) is 13.1. The predicted octanol–water partition coefficient (Wildman–Crippen LogP) is -0.501. The van der Waals surface area contributed by atoms with Crippen LogP contribution in [0.1, 0.15) is 30.2 Å². The second-order valence-electron chi connectivity index (χ2n) is 5.94. The molecular weight excluding hydrogens is 308 g/mol. The van der Waals surface area contributed by atoms with Gasteiger partial charge in [0.15, 0.2) is 5.76 Å². The highest BCUT2D eigenvalue weighted by molar-refractivity contribution is 8.01. The van der Waals surface area contributed by atoms with Gasteiger partial charge in [0.2, 0.25) is 5.91 Å². The van der Waals surface area contributed by atoms with Gasteiger partial charge in [0.05, 0.1) is 12.0 Å². The summed E-state index contributed by atoms with van der Waals surface area (Å²) < 4.78 is 4.55. The van der Waals surface area contributed by atoms with Gasteiger partial charge in [0.1, 0.15) is 17.2 Å². The first-order valence-electron chi connectivity index (χ1n) is 6.80. The summed E-state index contributed by atoms with van der Waals surface area (Å²) in [6.45, 7) is 5.21. The number of carboxylic acid groups (broad SMARTS) is 1. The lowest BCUT2D eigenvalue weighted by Crippen LogP contribution is -2.71. The zero-order valence-electron chi connectivity index (χ0n) is 12.3. The molecule has 2 fully saturated rings. The fraction of sp³-hybridized carbons (Fsp3) is 0.500. The van der Waals surface area contributed by atoms with Crippen molar-refractivity contribution in [2.45, 2.75) is 43.0 Å². The number of rotatable bonds is 3. The maximum Gasteiger partial charge on any atom is 0.287 e. The maximum atomic E-state index is 12.2. The normalized spacial score (nSPS) is 29.0. The molecule has 0 aliphatic carbocycles. The Morgan fingerprint density at radius 2 is 2.09 bits per heavy atom. The smallest absolute Gasteiger partial charge is 0.287 e. The van der Waals surface area contributed by atoms with Crippen molar-refractivity contribution in [3.05, 3.63) is 23.7 Å². The highest BCUT2D eigenvalue weighted by Gasteiger charge is 2.62. The number of carbonyl (C=O) groups is 3. The van der Waals surface area contributed by atoms with Crippen LogP contribution in [0.3, 0.4) is 0 Å². The Labute approximate surface area is 131 Å². The fourth-order valence-corrected chi connectivity index (χ4v) is 4.52. The number of hydrogen-bond donors (Lipinski definition) is 1. The van der Waals surface area contributed by atoms with Crippen molar-refractivity contribution in [1.29, 1.82) is 0 Å². The molecule has 2 saturated heterocycles. The molecule has 0 radical (unpaired) electrons. The van der Waals surface area contributed by atoms with Gasteiger partial charge in [-0.2, -0.15) is 0 Å². The van der Waals surface area contributed by atoms with Gasteiger partial charge in [0.25, 0.3) is 5.91 Å². The number of nitrogens with one attached hydrogen (secondary N) is 1. The van der Waals surface area contributed by atoms with E-state index in [4.69, 9.17) is 4.42 Å². The minimum absolute atomic E-state index is 0.127. The van der Waals surface area contributed by atoms with Crippen LogP contribution in [0.2, 0.25) is 0 Å². The van der Waals surface area contributed by atoms with Crippen molar-refractivity contribution in [3.63, 3.8) is 0 Å². The number of thioether (sulfide) groups is 1. The van der Waals surface area contributed by atoms with E-state index in [0.29, 0.717) is 5.76 Å². The van der Waals surface area contributed by atoms with E-state index in [-0.39, 0.29) is 5.76 Å². The maximum absolute atomic E-state index is 12.2. The van der Waals surface area contributed by atoms with Crippen molar-refractivity contribution >= 4 is 29.5 Å². The second kappa shape index (κ2) is 4.77. The third-order valence-corrected chi connectivity index (χ3v) is 5.49. The molecule has 118 valence electrons. The highest BCUT2D eigenvalue weighted by atomic mass is 32.2. The Morgan fingerprint density at radius 1 is 1.41 bits per heavy atom. The van der Waals surface area contributed by atoms with E-state index in [1.165, 1.54) is 22.7 Å². The second-order valence-corrected chi connectivity index (χ2v) is 7.71. The zero-order chi connectivity index (χ0) is 16.2. The lowest BCUT2D eigenvalue weighted by Gasteiger charge is -2.45. The summed E-state index contributed by atoms with van der Waals surface area (Å²) in [5.41, 5.74) is 0. The van der Waals surface area contributed by atoms with Crippen molar-refractivity contribution in [2.24, 2.45) is 0 Å². The quantitative estimate of drug-likeness (QED) is 0.752. The Bertz CT molecular complexity index is 668. The molecule has 0 spiro atoms. The molecule has 0 saturated carbocycles. The van der Waals surface area contributed by atoms with Gasteiger partial charge < -0.3 is 24.5 Å². The number of carbonyl (C=O) groups excluding carboxylic acids is 3. The molecule has 0 aromatic carbocycles. The van der Waals surface area contributed by atoms with Crippen LogP contribution in [0.5, 0.6) is 0 Å². The first kappa shape index (κ1) is 15.0. The van der Waals surface area contributed by atoms with Gasteiger partial charge in [-0.3, -0.25) is 9.59 Å². The average molecular weight is 323 g/mol. The monoisotopic (exact) mass is 323 g/mol. The molecule has 1 aromatic heterocycles. The summed E-state index contributed by atoms with van der Waals surface area (Å²) in [7, 11) is 0. The van der Waals surface area contributed by atoms with Crippen LogP contribution < -0.4 is 10.4 Å². The van der Waals surface area contributed by atoms with Gasteiger partial charge >= 0.3 is 0 Å². The number of carboxylic acids is 1. The van der Waals surface area contributed by atoms with Gasteiger partial charge in [0, 0.05) is 4.75 Å². The van der Waals surface area contributed by atoms with Gasteiger partial charge in [-0.05, 0) is 32.9 Å². The molecule has 3 atom stereocenters. The van der Waals surface area contributed by atoms with E-state index in [2.05, 4.69) is 5.32 Å². The largest absolute Gasteiger partial charge is 0.548 e. The Morgan fingerprint density at radius 3 is 2.64 bits per heavy atom. The first-order valence-corrected chi connectivity index (χ1v) is 7.68. The Kier molecular flexibility index (Phi) is 3.24. The number of nitrogens with zero attached hydrogens (tertiary/aromatic N) is 1. The molecule has 1 N–H and O–H groups in total. The lowest BCUT2D eigenvalue weighted by atomic mass is 9.96. The fourth-order valence-electron chi connectivity index (χ4n) is 2.90. The first-order chi connectivity index (χ1) is 10.2. The Balaban J connectivity index is 1.75. The molecular formula is C14H15N2O5S-. The van der Waals surface area contributed by atoms with Crippen LogP contribution in [0.4, 0.5) is 0 Å². The molecule has 1 aromatic rings. The van der Waals surface area contributed by atoms with Gasteiger partial charge in [-0.25, -0.2) is 0 Å². The van der Waals surface area contributed by atoms with Gasteiger partial charge in [-0.15, -0.1) is 11.8 Å². The number of β-lactam (4-membered cyclic amide) rings is 1. The summed E-state index contributed by atoms with van der Waals surface area (Å²) in [6.07, 6.45) is 0. The topological polar surface area (TPSA) is 103 Å². The molecule has 2 amide bonds. The number of furan rings is 1. The van der Waals surface area contributed by atoms with E-state index < -0.39 is 40.0 Å². The van der Waals surface area contributed by atoms with Crippen molar-refractivity contribution in [2.75, 3.05) is 0 Å². The third-order valence-electron chi connectivity index (χ3n) is 3.92. The number of hydrogen-bond acceptors (Lipinski definition) is 6. The van der Waals surface area contributed by atoms with Crippen LogP contribution in [0.15, 0.2) is 16.5 Å². The van der Waals surface area contributed by atoms with Crippen LogP contribution in [-0.2, 0) is 9.59 Å². The summed E-state index contributed by atoms with van der Waals surface area (Å²) in [6, 6.07) is 1.45. The van der Waals surface area contributed by atoms with Gasteiger partial charge in [-0.1, -0.05) is 0 Å². The standard InChI is InChI=1S/C14H16N2O5S/c1-6-4-5-7(21-6)10(17)15-8-11(18)16-9(13(19)20)14(2,3)22-12(8)16/h4-5,8-9,12H,1-3H3,(H,15,17)(H,19,20)/p-1/t8-,9+,12-/m0/s1. The molecule has 2 aliphatic heterocycles. The molecule has 7 nitrogen and oxygen atoms in total. The van der Waals surface area contributed by atoms with Crippen molar-refractivity contribution in [1.82, 2.24) is 10.2 Å². The average Bonchev–Trinajstić information content (AvgIpc) is 2.95. The number of aliphatic carboxylic acids is 1. The van der Waals surface area contributed by atoms with Crippen molar-refractivity contribution in [3.8, 4) is 0 Å². The van der Waals surface area contributed by atoms with E-state index in [0.717, 1.165) is 0 Å². The highest BCUT2D eigenvalue weighted by Crippen LogP contribution is 2.50. The summed E-state index contributed by atoms with van der Waals surface area (Å²) in [5.74, 6) is -1.45. The molecule has 8 heteroatoms. The Hall–Kier alpha value is -1.96. The minimum atomic E-state index is -1.28. The van der Waals surface area contributed by atoms with E-state index in [1.54, 1.807) is 26.8 Å². The molecule has 2 aliphatic rings. The SMILES string of the molecule is Cc1ccc(C(=O)N[C@H]2C(=O)N3[C@H]2SC(C)(C)[C@H]3C(=O)[O-])o1. The summed E-state index contributed by atoms with van der Waals surface area (Å²) >= 11 is 1.35. The molecule has 0 bridgehead atoms. The van der Waals surface area contributed by atoms with E-state index in [1.807, 2.05) is 0 Å². The molecule has 3 heterocycles. The number of aryl methyl sites for hydroxylation is 1. The van der Waals surface area contributed by atoms with Crippen molar-refractivity contribution < 1.29 is 23.9 Å². The van der Waals surface area contributed by atoms with Crippen LogP contribution in [0.25, 0.3) is 0 Å². The van der Waals surface area contributed by atoms with Crippen LogP contribution in [0, 0.1) is 6.92 Å². The van der Waals surface area contributed by atoms with E-state index in [9.17, 15) is 19.5 Å². The molecule has 22 heavy (non-hydrogen) atoms. The summed E-state index contributed by atoms with van der Waals surface area (Å²) in [4.78, 5) is 36.8. The molecule has 3 rings (SSSR count). The predicted molar refractivity (Wildman–Crippen MR) is 75.8 cm³/mol. The van der Waals surface area contributed by atoms with E-state index >= 15 is 0 Å².